The Labute approximate surface area is 221 Å². The van der Waals surface area contributed by atoms with Crippen molar-refractivity contribution in [3.8, 4) is 11.4 Å². The van der Waals surface area contributed by atoms with Gasteiger partial charge in [-0.1, -0.05) is 28.1 Å². The van der Waals surface area contributed by atoms with E-state index in [-0.39, 0.29) is 6.03 Å². The van der Waals surface area contributed by atoms with Gasteiger partial charge in [0.15, 0.2) is 0 Å². The molecular weight excluding hydrogens is 532 g/mol. The van der Waals surface area contributed by atoms with E-state index < -0.39 is 0 Å². The number of imidazole rings is 1. The lowest BCUT2D eigenvalue weighted by atomic mass is 10.1. The maximum Gasteiger partial charge on any atom is 0.330 e. The fourth-order valence-corrected chi connectivity index (χ4v) is 4.76. The topological polar surface area (TPSA) is 103 Å². The van der Waals surface area contributed by atoms with Gasteiger partial charge in [0.05, 0.1) is 29.5 Å². The van der Waals surface area contributed by atoms with E-state index in [4.69, 9.17) is 4.98 Å². The summed E-state index contributed by atoms with van der Waals surface area (Å²) in [7, 11) is 1.73. The Morgan fingerprint density at radius 1 is 1.00 bits per heavy atom. The van der Waals surface area contributed by atoms with Crippen LogP contribution in [0.3, 0.4) is 0 Å². The Morgan fingerprint density at radius 3 is 2.68 bits per heavy atom. The van der Waals surface area contributed by atoms with Gasteiger partial charge in [-0.2, -0.15) is 4.98 Å². The van der Waals surface area contributed by atoms with Crippen LogP contribution in [-0.4, -0.2) is 38.0 Å². The number of pyridine rings is 1. The molecule has 1 aliphatic heterocycles. The third-order valence-electron chi connectivity index (χ3n) is 6.39. The first-order valence-corrected chi connectivity index (χ1v) is 12.5. The van der Waals surface area contributed by atoms with Gasteiger partial charge in [0.25, 0.3) is 0 Å². The normalized spacial score (nSPS) is 13.2. The molecule has 9 nitrogen and oxygen atoms in total. The molecule has 37 heavy (non-hydrogen) atoms. The van der Waals surface area contributed by atoms with Crippen molar-refractivity contribution >= 4 is 56.1 Å². The second kappa shape index (κ2) is 8.97. The third kappa shape index (κ3) is 4.29. The number of nitrogens with one attached hydrogen (secondary N) is 2. The molecule has 5 aromatic rings. The number of aromatic nitrogens is 5. The van der Waals surface area contributed by atoms with Crippen LogP contribution in [0, 0.1) is 13.8 Å². The number of hydrogen-bond acceptors (Lipinski definition) is 6. The van der Waals surface area contributed by atoms with Crippen LogP contribution in [-0.2, 0) is 6.54 Å². The van der Waals surface area contributed by atoms with Crippen LogP contribution in [0.2, 0.25) is 0 Å². The molecule has 6 rings (SSSR count). The molecule has 0 atom stereocenters. The number of H-pyrrole nitrogens is 1. The quantitative estimate of drug-likeness (QED) is 0.277. The Balaban J connectivity index is 1.32. The van der Waals surface area contributed by atoms with Gasteiger partial charge < -0.3 is 10.3 Å². The summed E-state index contributed by atoms with van der Waals surface area (Å²) >= 11 is 3.51. The zero-order valence-corrected chi connectivity index (χ0v) is 22.0. The first kappa shape index (κ1) is 23.1. The highest BCUT2D eigenvalue weighted by Crippen LogP contribution is 2.34. The molecule has 4 heterocycles. The van der Waals surface area contributed by atoms with Crippen molar-refractivity contribution in [2.45, 2.75) is 20.4 Å². The van der Waals surface area contributed by atoms with Crippen molar-refractivity contribution in [3.05, 3.63) is 82.2 Å². The van der Waals surface area contributed by atoms with Gasteiger partial charge in [-0.05, 0) is 55.8 Å². The molecule has 1 aliphatic rings. The van der Waals surface area contributed by atoms with E-state index in [0.717, 1.165) is 55.1 Å². The molecule has 184 valence electrons. The third-order valence-corrected chi connectivity index (χ3v) is 6.88. The lowest BCUT2D eigenvalue weighted by Crippen LogP contribution is -2.46. The van der Waals surface area contributed by atoms with Crippen molar-refractivity contribution in [2.75, 3.05) is 22.2 Å². The largest absolute Gasteiger partial charge is 0.338 e. The molecular formula is C27H23BrN8O. The van der Waals surface area contributed by atoms with Crippen LogP contribution in [0.15, 0.2) is 65.4 Å². The number of aryl methyl sites for hydroxylation is 2. The van der Waals surface area contributed by atoms with Gasteiger partial charge in [0.2, 0.25) is 5.95 Å². The number of amides is 2. The van der Waals surface area contributed by atoms with E-state index in [9.17, 15) is 4.79 Å². The molecule has 10 heteroatoms. The van der Waals surface area contributed by atoms with Crippen molar-refractivity contribution < 1.29 is 4.79 Å². The fraction of sp³-hybridized carbons (Fsp3) is 0.148. The molecule has 0 saturated carbocycles. The van der Waals surface area contributed by atoms with Gasteiger partial charge in [-0.3, -0.25) is 14.8 Å². The lowest BCUT2D eigenvalue weighted by Gasteiger charge is -2.35. The molecule has 0 unspecified atom stereocenters. The van der Waals surface area contributed by atoms with Crippen LogP contribution in [0.4, 0.5) is 27.9 Å². The number of anilines is 4. The van der Waals surface area contributed by atoms with Crippen molar-refractivity contribution in [3.63, 3.8) is 0 Å². The van der Waals surface area contributed by atoms with E-state index in [1.165, 1.54) is 0 Å². The molecule has 0 fully saturated rings. The Bertz CT molecular complexity index is 1660. The number of rotatable bonds is 4. The molecule has 2 aromatic carbocycles. The van der Waals surface area contributed by atoms with Crippen LogP contribution >= 0.6 is 15.9 Å². The molecule has 0 radical (unpaired) electrons. The monoisotopic (exact) mass is 554 g/mol. The van der Waals surface area contributed by atoms with Gasteiger partial charge in [-0.25, -0.2) is 14.8 Å². The number of carbonyl (C=O) groups is 1. The smallest absolute Gasteiger partial charge is 0.330 e. The minimum Gasteiger partial charge on any atom is -0.338 e. The maximum absolute atomic E-state index is 13.5. The summed E-state index contributed by atoms with van der Waals surface area (Å²) in [5.41, 5.74) is 7.08. The van der Waals surface area contributed by atoms with Gasteiger partial charge >= 0.3 is 6.03 Å². The standard InChI is InChI=1S/C27H23BrN8O/c1-15-4-6-17(24-32-21-9-7-19(28)11-22(21)33-24)10-23(15)36-14-18-12-30-26(34-25(18)35(3)27(36)37)31-20-8-5-16(2)29-13-20/h4-13H,14H2,1-3H3,(H,32,33)(H,30,31,34). The first-order valence-electron chi connectivity index (χ1n) is 11.7. The Kier molecular flexibility index (Phi) is 5.60. The van der Waals surface area contributed by atoms with Gasteiger partial charge in [0.1, 0.15) is 11.6 Å². The maximum atomic E-state index is 13.5. The van der Waals surface area contributed by atoms with Gasteiger partial charge in [0, 0.05) is 40.2 Å². The number of aromatic amines is 1. The minimum absolute atomic E-state index is 0.164. The van der Waals surface area contributed by atoms with Crippen molar-refractivity contribution in [1.82, 2.24) is 24.9 Å². The zero-order valence-electron chi connectivity index (χ0n) is 20.5. The van der Waals surface area contributed by atoms with Crippen LogP contribution in [0.25, 0.3) is 22.4 Å². The number of nitrogens with zero attached hydrogens (tertiary/aromatic N) is 6. The summed E-state index contributed by atoms with van der Waals surface area (Å²) in [6.07, 6.45) is 3.49. The predicted octanol–water partition coefficient (Wildman–Crippen LogP) is 6.11. The summed E-state index contributed by atoms with van der Waals surface area (Å²) in [6, 6.07) is 15.6. The molecule has 0 bridgehead atoms. The highest BCUT2D eigenvalue weighted by atomic mass is 79.9. The summed E-state index contributed by atoms with van der Waals surface area (Å²) in [5, 5.41) is 3.16. The second-order valence-corrected chi connectivity index (χ2v) is 9.95. The molecule has 0 aliphatic carbocycles. The Morgan fingerprint density at radius 2 is 1.86 bits per heavy atom. The molecule has 0 spiro atoms. The van der Waals surface area contributed by atoms with E-state index in [1.54, 1.807) is 29.2 Å². The number of benzene rings is 2. The van der Waals surface area contributed by atoms with E-state index >= 15 is 0 Å². The van der Waals surface area contributed by atoms with E-state index in [2.05, 4.69) is 41.2 Å². The van der Waals surface area contributed by atoms with Gasteiger partial charge in [-0.15, -0.1) is 0 Å². The second-order valence-electron chi connectivity index (χ2n) is 9.03. The van der Waals surface area contributed by atoms with Crippen LogP contribution in [0.1, 0.15) is 16.8 Å². The summed E-state index contributed by atoms with van der Waals surface area (Å²) in [6.45, 7) is 4.29. The first-order chi connectivity index (χ1) is 17.9. The average molecular weight is 555 g/mol. The SMILES string of the molecule is Cc1ccc(Nc2ncc3c(n2)N(C)C(=O)N(c2cc(-c4nc5ccc(Br)cc5[nH]4)ccc2C)C3)cn1. The summed E-state index contributed by atoms with van der Waals surface area (Å²) < 4.78 is 0.983. The molecule has 0 saturated heterocycles. The summed E-state index contributed by atoms with van der Waals surface area (Å²) in [5.74, 6) is 1.74. The van der Waals surface area contributed by atoms with E-state index in [0.29, 0.717) is 18.3 Å². The molecule has 2 amide bonds. The molecule has 2 N–H and O–H groups in total. The fourth-order valence-electron chi connectivity index (χ4n) is 4.39. The average Bonchev–Trinajstić information content (AvgIpc) is 3.31. The van der Waals surface area contributed by atoms with Crippen LogP contribution < -0.4 is 15.1 Å². The molecule has 3 aromatic heterocycles. The zero-order chi connectivity index (χ0) is 25.7. The lowest BCUT2D eigenvalue weighted by molar-refractivity contribution is 0.251. The van der Waals surface area contributed by atoms with Crippen molar-refractivity contribution in [2.24, 2.45) is 0 Å². The highest BCUT2D eigenvalue weighted by Gasteiger charge is 2.31. The highest BCUT2D eigenvalue weighted by molar-refractivity contribution is 9.10. The van der Waals surface area contributed by atoms with Crippen molar-refractivity contribution in [1.29, 1.82) is 0 Å². The summed E-state index contributed by atoms with van der Waals surface area (Å²) in [4.78, 5) is 38.3. The number of carbonyl (C=O) groups excluding carboxylic acids is 1. The number of urea groups is 1. The van der Waals surface area contributed by atoms with Crippen LogP contribution in [0.5, 0.6) is 0 Å². The Hall–Kier alpha value is -4.31. The predicted molar refractivity (Wildman–Crippen MR) is 148 cm³/mol. The van der Waals surface area contributed by atoms with E-state index in [1.807, 2.05) is 62.4 Å². The number of halogens is 1. The number of hydrogen-bond donors (Lipinski definition) is 2. The minimum atomic E-state index is -0.164. The number of fused-ring (bicyclic) bond motifs is 2.